The average molecular weight is 329 g/mol. The number of methoxy groups -OCH3 is 2. The highest BCUT2D eigenvalue weighted by Gasteiger charge is 2.24. The Labute approximate surface area is 138 Å². The molecule has 1 aromatic rings. The highest BCUT2D eigenvalue weighted by Crippen LogP contribution is 2.25. The van der Waals surface area contributed by atoms with Crippen molar-refractivity contribution in [2.45, 2.75) is 12.8 Å². The Morgan fingerprint density at radius 3 is 2.45 bits per heavy atom. The van der Waals surface area contributed by atoms with Crippen LogP contribution in [0.25, 0.3) is 0 Å². The summed E-state index contributed by atoms with van der Waals surface area (Å²) in [6.07, 6.45) is 2.23. The second kappa shape index (κ2) is 8.86. The largest absolute Gasteiger partial charge is 0.497 e. The van der Waals surface area contributed by atoms with Crippen molar-refractivity contribution >= 4 is 18.3 Å². The molecule has 1 aliphatic heterocycles. The van der Waals surface area contributed by atoms with E-state index in [9.17, 15) is 4.79 Å². The van der Waals surface area contributed by atoms with Crippen molar-refractivity contribution in [3.63, 3.8) is 0 Å². The summed E-state index contributed by atoms with van der Waals surface area (Å²) in [6.45, 7) is 2.57. The zero-order chi connectivity index (χ0) is 15.2. The lowest BCUT2D eigenvalue weighted by atomic mass is 9.97. The zero-order valence-corrected chi connectivity index (χ0v) is 14.2. The molecule has 0 aromatic heterocycles. The molecule has 0 aliphatic carbocycles. The molecule has 0 spiro atoms. The van der Waals surface area contributed by atoms with Crippen LogP contribution in [-0.2, 0) is 0 Å². The van der Waals surface area contributed by atoms with E-state index in [-0.39, 0.29) is 18.3 Å². The lowest BCUT2D eigenvalue weighted by Crippen LogP contribution is -2.42. The zero-order valence-electron chi connectivity index (χ0n) is 13.4. The van der Waals surface area contributed by atoms with Gasteiger partial charge < -0.3 is 19.7 Å². The monoisotopic (exact) mass is 328 g/mol. The van der Waals surface area contributed by atoms with E-state index in [4.69, 9.17) is 9.47 Å². The molecule has 0 radical (unpaired) electrons. The van der Waals surface area contributed by atoms with Gasteiger partial charge in [-0.25, -0.2) is 0 Å². The third-order valence-corrected chi connectivity index (χ3v) is 3.90. The van der Waals surface area contributed by atoms with Gasteiger partial charge >= 0.3 is 0 Å². The lowest BCUT2D eigenvalue weighted by molar-refractivity contribution is 0.0673. The van der Waals surface area contributed by atoms with E-state index < -0.39 is 0 Å². The van der Waals surface area contributed by atoms with Crippen LogP contribution in [0.1, 0.15) is 23.2 Å². The van der Waals surface area contributed by atoms with Crippen LogP contribution >= 0.6 is 12.4 Å². The minimum absolute atomic E-state index is 0. The molecule has 1 atom stereocenters. The van der Waals surface area contributed by atoms with Gasteiger partial charge in [0.1, 0.15) is 11.5 Å². The average Bonchev–Trinajstić information content (AvgIpc) is 2.54. The molecule has 6 heteroatoms. The van der Waals surface area contributed by atoms with E-state index >= 15 is 0 Å². The molecule has 22 heavy (non-hydrogen) atoms. The van der Waals surface area contributed by atoms with Gasteiger partial charge in [-0.2, -0.15) is 0 Å². The molecular weight excluding hydrogens is 304 g/mol. The fourth-order valence-corrected chi connectivity index (χ4v) is 2.82. The van der Waals surface area contributed by atoms with Crippen molar-refractivity contribution in [3.05, 3.63) is 23.8 Å². The second-order valence-electron chi connectivity index (χ2n) is 5.42. The third kappa shape index (κ3) is 4.52. The van der Waals surface area contributed by atoms with Gasteiger partial charge in [0.15, 0.2) is 0 Å². The van der Waals surface area contributed by atoms with Gasteiger partial charge in [-0.3, -0.25) is 4.79 Å². The van der Waals surface area contributed by atoms with Gasteiger partial charge in [0, 0.05) is 24.7 Å². The number of piperidine rings is 1. The molecule has 1 unspecified atom stereocenters. The molecule has 1 fully saturated rings. The first-order chi connectivity index (χ1) is 10.2. The predicted octanol–water partition coefficient (Wildman–Crippen LogP) is 2.20. The number of amides is 1. The number of hydrogen-bond acceptors (Lipinski definition) is 4. The highest BCUT2D eigenvalue weighted by atomic mass is 35.5. The summed E-state index contributed by atoms with van der Waals surface area (Å²) in [5.41, 5.74) is 0.622. The number of nitrogens with zero attached hydrogens (tertiary/aromatic N) is 1. The maximum atomic E-state index is 12.7. The summed E-state index contributed by atoms with van der Waals surface area (Å²) in [5.74, 6) is 1.86. The van der Waals surface area contributed by atoms with Gasteiger partial charge in [-0.1, -0.05) is 0 Å². The molecule has 0 saturated carbocycles. The van der Waals surface area contributed by atoms with Gasteiger partial charge in [0.25, 0.3) is 5.91 Å². The van der Waals surface area contributed by atoms with Gasteiger partial charge in [0.2, 0.25) is 0 Å². The Balaban J connectivity index is 0.00000242. The van der Waals surface area contributed by atoms with Crippen molar-refractivity contribution < 1.29 is 14.3 Å². The van der Waals surface area contributed by atoms with Crippen LogP contribution in [0, 0.1) is 5.92 Å². The van der Waals surface area contributed by atoms with Crippen LogP contribution in [0.5, 0.6) is 11.5 Å². The number of carbonyl (C=O) groups is 1. The van der Waals surface area contributed by atoms with Crippen LogP contribution in [0.15, 0.2) is 18.2 Å². The lowest BCUT2D eigenvalue weighted by Gasteiger charge is -2.33. The normalized spacial score (nSPS) is 17.6. The molecule has 1 aromatic carbocycles. The summed E-state index contributed by atoms with van der Waals surface area (Å²) in [7, 11) is 5.13. The van der Waals surface area contributed by atoms with Crippen LogP contribution in [0.2, 0.25) is 0 Å². The van der Waals surface area contributed by atoms with Crippen molar-refractivity contribution in [3.8, 4) is 11.5 Å². The summed E-state index contributed by atoms with van der Waals surface area (Å²) >= 11 is 0. The van der Waals surface area contributed by atoms with Gasteiger partial charge in [-0.15, -0.1) is 12.4 Å². The minimum Gasteiger partial charge on any atom is -0.497 e. The molecule has 5 nitrogen and oxygen atoms in total. The maximum absolute atomic E-state index is 12.7. The van der Waals surface area contributed by atoms with Crippen LogP contribution in [0.3, 0.4) is 0 Å². The van der Waals surface area contributed by atoms with Crippen LogP contribution < -0.4 is 14.8 Å². The fraction of sp³-hybridized carbons (Fsp3) is 0.562. The SMILES string of the molecule is CNCC1CCCN(C(=O)c2cc(OC)cc(OC)c2)C1.Cl. The molecule has 0 bridgehead atoms. The molecule has 1 heterocycles. The first-order valence-corrected chi connectivity index (χ1v) is 7.35. The number of nitrogens with one attached hydrogen (secondary N) is 1. The first-order valence-electron chi connectivity index (χ1n) is 7.35. The molecule has 2 rings (SSSR count). The van der Waals surface area contributed by atoms with Crippen LogP contribution in [-0.4, -0.2) is 51.7 Å². The Bertz CT molecular complexity index is 472. The Hall–Kier alpha value is -1.46. The molecule has 1 N–H and O–H groups in total. The maximum Gasteiger partial charge on any atom is 0.254 e. The van der Waals surface area contributed by atoms with Gasteiger partial charge in [0.05, 0.1) is 14.2 Å². The number of ether oxygens (including phenoxy) is 2. The van der Waals surface area contributed by atoms with Crippen molar-refractivity contribution in [1.82, 2.24) is 10.2 Å². The third-order valence-electron chi connectivity index (χ3n) is 3.90. The molecular formula is C16H25ClN2O3. The van der Waals surface area contributed by atoms with E-state index in [2.05, 4.69) is 5.32 Å². The summed E-state index contributed by atoms with van der Waals surface area (Å²) in [5, 5.41) is 3.20. The molecule has 1 saturated heterocycles. The number of rotatable bonds is 5. The highest BCUT2D eigenvalue weighted by molar-refractivity contribution is 5.95. The number of benzene rings is 1. The topological polar surface area (TPSA) is 50.8 Å². The van der Waals surface area contributed by atoms with Crippen molar-refractivity contribution in [2.75, 3.05) is 40.9 Å². The standard InChI is InChI=1S/C16H24N2O3.ClH/c1-17-10-12-5-4-6-18(11-12)16(19)13-7-14(20-2)9-15(8-13)21-3;/h7-9,12,17H,4-6,10-11H2,1-3H3;1H. The quantitative estimate of drug-likeness (QED) is 0.900. The smallest absolute Gasteiger partial charge is 0.254 e. The summed E-state index contributed by atoms with van der Waals surface area (Å²) < 4.78 is 10.5. The van der Waals surface area contributed by atoms with E-state index in [1.54, 1.807) is 32.4 Å². The Kier molecular flexibility index (Phi) is 7.48. The van der Waals surface area contributed by atoms with Crippen molar-refractivity contribution in [1.29, 1.82) is 0 Å². The number of carbonyl (C=O) groups excluding carboxylic acids is 1. The molecule has 124 valence electrons. The molecule has 1 amide bonds. The van der Waals surface area contributed by atoms with Gasteiger partial charge in [-0.05, 0) is 44.5 Å². The second-order valence-corrected chi connectivity index (χ2v) is 5.42. The van der Waals surface area contributed by atoms with E-state index in [1.165, 1.54) is 6.42 Å². The first kappa shape index (κ1) is 18.6. The summed E-state index contributed by atoms with van der Waals surface area (Å²) in [6, 6.07) is 5.32. The van der Waals surface area contributed by atoms with E-state index in [0.717, 1.165) is 26.1 Å². The van der Waals surface area contributed by atoms with E-state index in [1.807, 2.05) is 11.9 Å². The Morgan fingerprint density at radius 2 is 1.91 bits per heavy atom. The van der Waals surface area contributed by atoms with Crippen molar-refractivity contribution in [2.24, 2.45) is 5.92 Å². The summed E-state index contributed by atoms with van der Waals surface area (Å²) in [4.78, 5) is 14.6. The number of hydrogen-bond donors (Lipinski definition) is 1. The fourth-order valence-electron chi connectivity index (χ4n) is 2.82. The number of halogens is 1. The minimum atomic E-state index is 0. The van der Waals surface area contributed by atoms with Crippen LogP contribution in [0.4, 0.5) is 0 Å². The molecule has 1 aliphatic rings. The Morgan fingerprint density at radius 1 is 1.27 bits per heavy atom. The van der Waals surface area contributed by atoms with E-state index in [0.29, 0.717) is 23.0 Å². The predicted molar refractivity (Wildman–Crippen MR) is 89.3 cm³/mol. The number of likely N-dealkylation sites (tertiary alicyclic amines) is 1.